The lowest BCUT2D eigenvalue weighted by Crippen LogP contribution is -2.25. The zero-order valence-electron chi connectivity index (χ0n) is 22.7. The first-order valence-corrected chi connectivity index (χ1v) is 13.4. The molecule has 8 heteroatoms. The van der Waals surface area contributed by atoms with Gasteiger partial charge in [-0.25, -0.2) is 0 Å². The molecule has 8 nitrogen and oxygen atoms in total. The highest BCUT2D eigenvalue weighted by molar-refractivity contribution is 5.84. The number of hydrogen-bond donors (Lipinski definition) is 5. The Hall–Kier alpha value is -3.75. The molecule has 0 spiro atoms. The number of aromatic hydroxyl groups is 1. The summed E-state index contributed by atoms with van der Waals surface area (Å²) >= 11 is 0. The molecular weight excluding hydrogens is 478 g/mol. The Kier molecular flexibility index (Phi) is 11.3. The number of aliphatic imine (C=N–C) groups is 1. The van der Waals surface area contributed by atoms with Crippen LogP contribution in [0.15, 0.2) is 65.7 Å². The normalized spacial score (nSPS) is 11.1. The van der Waals surface area contributed by atoms with Crippen LogP contribution in [-0.4, -0.2) is 60.9 Å². The van der Waals surface area contributed by atoms with Crippen LogP contribution < -0.4 is 20.4 Å². The van der Waals surface area contributed by atoms with E-state index in [-0.39, 0.29) is 19.0 Å². The second-order valence-corrected chi connectivity index (χ2v) is 8.94. The number of likely N-dealkylation sites (N-methyl/N-ethyl adjacent to an activating group) is 2. The predicted molar refractivity (Wildman–Crippen MR) is 161 cm³/mol. The highest BCUT2D eigenvalue weighted by atomic mass is 16.3. The summed E-state index contributed by atoms with van der Waals surface area (Å²) in [5.41, 5.74) is 5.79. The minimum absolute atomic E-state index is 0.104. The second-order valence-electron chi connectivity index (χ2n) is 8.94. The van der Waals surface area contributed by atoms with Gasteiger partial charge in [-0.3, -0.25) is 4.99 Å². The van der Waals surface area contributed by atoms with E-state index in [4.69, 9.17) is 0 Å². The summed E-state index contributed by atoms with van der Waals surface area (Å²) in [5.74, 6) is 0.108. The first-order valence-electron chi connectivity index (χ1n) is 13.4. The van der Waals surface area contributed by atoms with Crippen LogP contribution >= 0.6 is 0 Å². The number of aliphatic hydroxyl groups is 2. The lowest BCUT2D eigenvalue weighted by Gasteiger charge is -2.22. The van der Waals surface area contributed by atoms with Crippen molar-refractivity contribution in [2.75, 3.05) is 59.8 Å². The number of unbranched alkanes of at least 4 members (excludes halogenated alkanes) is 1. The predicted octanol–water partition coefficient (Wildman–Crippen LogP) is 6.02. The maximum absolute atomic E-state index is 10.8. The SMILES string of the molecule is CCCC=Nc1cc(O)c(Nc2ccc(N(CC)CCO)cc2)cc1Nc1ccc(N(CC)CCO)cc1. The average molecular weight is 520 g/mol. The second kappa shape index (κ2) is 14.9. The highest BCUT2D eigenvalue weighted by Gasteiger charge is 2.12. The van der Waals surface area contributed by atoms with Gasteiger partial charge in [-0.2, -0.15) is 0 Å². The van der Waals surface area contributed by atoms with Crippen molar-refractivity contribution in [1.29, 1.82) is 0 Å². The standard InChI is InChI=1S/C30H41N5O3/c1-4-7-16-31-27-22-30(38)29(33-24-10-14-26(15-11-24)35(6-3)18-20-37)21-28(27)32-23-8-12-25(13-9-23)34(5-2)17-19-36/h8-16,21-22,32-33,36-38H,4-7,17-20H2,1-3H3. The largest absolute Gasteiger partial charge is 0.506 e. The number of benzene rings is 3. The van der Waals surface area contributed by atoms with Gasteiger partial charge in [-0.05, 0) is 74.9 Å². The third-order valence-corrected chi connectivity index (χ3v) is 6.29. The van der Waals surface area contributed by atoms with Gasteiger partial charge in [0.2, 0.25) is 0 Å². The summed E-state index contributed by atoms with van der Waals surface area (Å²) < 4.78 is 0. The fourth-order valence-corrected chi connectivity index (χ4v) is 4.18. The molecule has 5 N–H and O–H groups in total. The molecular formula is C30H41N5O3. The number of nitrogens with zero attached hydrogens (tertiary/aromatic N) is 3. The minimum Gasteiger partial charge on any atom is -0.506 e. The molecule has 0 aliphatic rings. The molecule has 0 aliphatic heterocycles. The van der Waals surface area contributed by atoms with E-state index in [2.05, 4.69) is 46.2 Å². The van der Waals surface area contributed by atoms with Gasteiger partial charge < -0.3 is 35.8 Å². The summed E-state index contributed by atoms with van der Waals surface area (Å²) in [6, 6.07) is 19.5. The van der Waals surface area contributed by atoms with Gasteiger partial charge in [-0.15, -0.1) is 0 Å². The average Bonchev–Trinajstić information content (AvgIpc) is 2.94. The Bertz CT molecular complexity index is 1150. The van der Waals surface area contributed by atoms with Crippen LogP contribution in [-0.2, 0) is 0 Å². The van der Waals surface area contributed by atoms with Crippen LogP contribution in [0, 0.1) is 0 Å². The molecule has 0 atom stereocenters. The molecule has 0 fully saturated rings. The van der Waals surface area contributed by atoms with Gasteiger partial charge in [0, 0.05) is 61.2 Å². The van der Waals surface area contributed by atoms with E-state index in [1.165, 1.54) is 0 Å². The Morgan fingerprint density at radius 1 is 0.737 bits per heavy atom. The van der Waals surface area contributed by atoms with Gasteiger partial charge in [0.1, 0.15) is 5.75 Å². The molecule has 38 heavy (non-hydrogen) atoms. The molecule has 3 aromatic carbocycles. The van der Waals surface area contributed by atoms with E-state index in [9.17, 15) is 15.3 Å². The van der Waals surface area contributed by atoms with Crippen molar-refractivity contribution in [3.05, 3.63) is 60.7 Å². The molecule has 0 aliphatic carbocycles. The van der Waals surface area contributed by atoms with Crippen LogP contribution in [0.25, 0.3) is 0 Å². The van der Waals surface area contributed by atoms with E-state index < -0.39 is 0 Å². The maximum atomic E-state index is 10.8. The zero-order chi connectivity index (χ0) is 27.3. The van der Waals surface area contributed by atoms with Gasteiger partial charge in [-0.1, -0.05) is 13.3 Å². The number of hydrogen-bond acceptors (Lipinski definition) is 8. The summed E-state index contributed by atoms with van der Waals surface area (Å²) in [4.78, 5) is 8.82. The molecule has 3 aromatic rings. The van der Waals surface area contributed by atoms with Gasteiger partial charge in [0.05, 0.1) is 30.3 Å². The number of phenolic OH excluding ortho intramolecular Hbond substituents is 1. The quantitative estimate of drug-likeness (QED) is 0.0950. The van der Waals surface area contributed by atoms with Crippen LogP contribution in [0.3, 0.4) is 0 Å². The van der Waals surface area contributed by atoms with Crippen LogP contribution in [0.4, 0.5) is 39.8 Å². The minimum atomic E-state index is 0.104. The smallest absolute Gasteiger partial charge is 0.141 e. The summed E-state index contributed by atoms with van der Waals surface area (Å²) in [6.45, 7) is 9.23. The van der Waals surface area contributed by atoms with Crippen LogP contribution in [0.2, 0.25) is 0 Å². The van der Waals surface area contributed by atoms with Gasteiger partial charge >= 0.3 is 0 Å². The zero-order valence-corrected chi connectivity index (χ0v) is 22.7. The fraction of sp³-hybridized carbons (Fsp3) is 0.367. The number of anilines is 6. The van der Waals surface area contributed by atoms with E-state index in [0.29, 0.717) is 24.5 Å². The third kappa shape index (κ3) is 7.87. The highest BCUT2D eigenvalue weighted by Crippen LogP contribution is 2.39. The van der Waals surface area contributed by atoms with Gasteiger partial charge in [0.25, 0.3) is 0 Å². The summed E-state index contributed by atoms with van der Waals surface area (Å²) in [5, 5.41) is 36.2. The Morgan fingerprint density at radius 2 is 1.24 bits per heavy atom. The maximum Gasteiger partial charge on any atom is 0.141 e. The van der Waals surface area contributed by atoms with E-state index in [0.717, 1.165) is 54.4 Å². The molecule has 0 amide bonds. The van der Waals surface area contributed by atoms with E-state index >= 15 is 0 Å². The van der Waals surface area contributed by atoms with Crippen molar-refractivity contribution in [2.45, 2.75) is 33.6 Å². The molecule has 0 bridgehead atoms. The van der Waals surface area contributed by atoms with E-state index in [1.54, 1.807) is 6.07 Å². The monoisotopic (exact) mass is 519 g/mol. The van der Waals surface area contributed by atoms with Gasteiger partial charge in [0.15, 0.2) is 0 Å². The number of nitrogens with one attached hydrogen (secondary N) is 2. The van der Waals surface area contributed by atoms with Crippen molar-refractivity contribution in [1.82, 2.24) is 0 Å². The lowest BCUT2D eigenvalue weighted by atomic mass is 10.1. The van der Waals surface area contributed by atoms with Crippen LogP contribution in [0.5, 0.6) is 5.75 Å². The van der Waals surface area contributed by atoms with Crippen molar-refractivity contribution in [3.63, 3.8) is 0 Å². The summed E-state index contributed by atoms with van der Waals surface area (Å²) in [7, 11) is 0. The first-order chi connectivity index (χ1) is 18.5. The Morgan fingerprint density at radius 3 is 1.68 bits per heavy atom. The van der Waals surface area contributed by atoms with E-state index in [1.807, 2.05) is 60.8 Å². The van der Waals surface area contributed by atoms with Crippen molar-refractivity contribution < 1.29 is 15.3 Å². The molecule has 0 unspecified atom stereocenters. The summed E-state index contributed by atoms with van der Waals surface area (Å²) in [6.07, 6.45) is 3.71. The van der Waals surface area contributed by atoms with Crippen LogP contribution in [0.1, 0.15) is 33.6 Å². The lowest BCUT2D eigenvalue weighted by molar-refractivity contribution is 0.302. The Labute approximate surface area is 226 Å². The number of aliphatic hydroxyl groups excluding tert-OH is 2. The number of phenols is 1. The molecule has 204 valence electrons. The van der Waals surface area contributed by atoms with Crippen molar-refractivity contribution in [2.24, 2.45) is 4.99 Å². The Balaban J connectivity index is 1.86. The topological polar surface area (TPSA) is 104 Å². The molecule has 0 saturated carbocycles. The number of rotatable bonds is 15. The molecule has 3 rings (SSSR count). The first kappa shape index (κ1) is 28.8. The third-order valence-electron chi connectivity index (χ3n) is 6.29. The molecule has 0 radical (unpaired) electrons. The molecule has 0 saturated heterocycles. The molecule has 0 heterocycles. The van der Waals surface area contributed by atoms with Crippen molar-refractivity contribution in [3.8, 4) is 5.75 Å². The molecule has 0 aromatic heterocycles. The fourth-order valence-electron chi connectivity index (χ4n) is 4.18. The van der Waals surface area contributed by atoms with Crippen molar-refractivity contribution >= 4 is 46.0 Å².